The molecule has 2 aliphatic heterocycles. The van der Waals surface area contributed by atoms with E-state index in [9.17, 15) is 35.7 Å². The van der Waals surface area contributed by atoms with Gasteiger partial charge in [0.15, 0.2) is 11.5 Å². The van der Waals surface area contributed by atoms with E-state index in [-0.39, 0.29) is 64.9 Å². The van der Waals surface area contributed by atoms with Crippen LogP contribution in [0.15, 0.2) is 120 Å². The number of phenolic OH excluding ortho intramolecular Hbond substituents is 1. The van der Waals surface area contributed by atoms with Crippen molar-refractivity contribution in [2.75, 3.05) is 24.7 Å². The van der Waals surface area contributed by atoms with E-state index in [2.05, 4.69) is 102 Å². The monoisotopic (exact) mass is 1180 g/mol. The maximum absolute atomic E-state index is 12.9. The molecule has 18 unspecified atom stereocenters. The van der Waals surface area contributed by atoms with Gasteiger partial charge in [-0.05, 0) is 195 Å². The van der Waals surface area contributed by atoms with Crippen molar-refractivity contribution in [1.29, 1.82) is 0 Å². The predicted molar refractivity (Wildman–Crippen MR) is 334 cm³/mol. The van der Waals surface area contributed by atoms with Gasteiger partial charge in [0.2, 0.25) is 0 Å². The van der Waals surface area contributed by atoms with Crippen LogP contribution < -0.4 is 15.8 Å². The number of aliphatic hydroxyl groups excluding tert-OH is 6. The van der Waals surface area contributed by atoms with Crippen LogP contribution in [0.5, 0.6) is 11.5 Å². The summed E-state index contributed by atoms with van der Waals surface area (Å²) >= 11 is 0. The van der Waals surface area contributed by atoms with E-state index in [1.807, 2.05) is 24.4 Å². The quantitative estimate of drug-likeness (QED) is 0.0477. The Morgan fingerprint density at radius 3 is 2.39 bits per heavy atom. The van der Waals surface area contributed by atoms with Crippen LogP contribution in [0.3, 0.4) is 0 Å². The van der Waals surface area contributed by atoms with Crippen LogP contribution in [0.1, 0.15) is 136 Å². The molecule has 3 aromatic carbocycles. The van der Waals surface area contributed by atoms with Crippen molar-refractivity contribution in [3.05, 3.63) is 153 Å². The molecule has 18 atom stereocenters. The standard InChI is InChI=1S/C71H89N3O8S2/c1-2-41-27-46-31-61(79)63(82-64-32-47(28-49-15-10-25-73-49)51-21-26-74-69(72)57(51)40-84-83-39-48(38-75)68(64)81)34-53(46)54-33-62(80)65-44(30-52(41)54)20-24-71(36-50(76)16-18-59(65)77)37-56(42-11-4-3-5-12-42)55-29-43-13-6-7-14-45(43)35-70(22-8-9-23-70)58-17-19-60(78)67(71)66(55)58/h3-7,10-15,21,25,30-31,34,41,44,47-48,50,54-56,58-60,62,64-68,73-81H,2,8-9,16-19,22-23,26-29,32-33,35-40,72H2,1H3. The lowest BCUT2D eigenvalue weighted by atomic mass is 9.42. The van der Waals surface area contributed by atoms with Crippen molar-refractivity contribution < 1.29 is 40.5 Å². The summed E-state index contributed by atoms with van der Waals surface area (Å²) in [6.07, 6.45) is 14.5. The van der Waals surface area contributed by atoms with Crippen molar-refractivity contribution in [2.24, 2.45) is 69.8 Å². The fourth-order valence-corrected chi connectivity index (χ4v) is 21.4. The molecule has 448 valence electrons. The lowest BCUT2D eigenvalue weighted by Crippen LogP contribution is -2.60. The molecule has 2 spiro atoms. The Hall–Kier alpha value is -4.62. The second-order valence-corrected chi connectivity index (χ2v) is 29.7. The second-order valence-electron chi connectivity index (χ2n) is 27.2. The summed E-state index contributed by atoms with van der Waals surface area (Å²) in [6, 6.07) is 28.1. The highest BCUT2D eigenvalue weighted by molar-refractivity contribution is 8.76. The second kappa shape index (κ2) is 24.5. The Kier molecular flexibility index (Phi) is 17.0. The van der Waals surface area contributed by atoms with E-state index in [0.29, 0.717) is 81.2 Å². The Bertz CT molecular complexity index is 3150. The van der Waals surface area contributed by atoms with E-state index >= 15 is 0 Å². The van der Waals surface area contributed by atoms with Gasteiger partial charge in [0.05, 0.1) is 30.5 Å². The molecule has 1 aromatic heterocycles. The first-order valence-corrected chi connectivity index (χ1v) is 34.5. The summed E-state index contributed by atoms with van der Waals surface area (Å²) in [7, 11) is 3.26. The lowest BCUT2D eigenvalue weighted by molar-refractivity contribution is -0.147. The number of ether oxygens (including phenoxy) is 1. The molecule has 0 bridgehead atoms. The summed E-state index contributed by atoms with van der Waals surface area (Å²) in [5.74, 6) is 8.88. The Balaban J connectivity index is 0.901. The topological polar surface area (TPSA) is 205 Å². The predicted octanol–water partition coefficient (Wildman–Crippen LogP) is 10.4. The average Bonchev–Trinajstić information content (AvgIpc) is 1.26. The van der Waals surface area contributed by atoms with Crippen molar-refractivity contribution >= 4 is 21.6 Å². The van der Waals surface area contributed by atoms with Crippen LogP contribution >= 0.6 is 21.6 Å². The molecule has 3 heterocycles. The third-order valence-corrected chi connectivity index (χ3v) is 25.2. The maximum atomic E-state index is 12.9. The molecule has 11 nitrogen and oxygen atoms in total. The van der Waals surface area contributed by atoms with Gasteiger partial charge in [0, 0.05) is 77.1 Å². The molecule has 13 heteroatoms. The smallest absolute Gasteiger partial charge is 0.161 e. The number of hydrogen-bond acceptors (Lipinski definition) is 12. The SMILES string of the molecule is CCC1Cc2cc(O)c(OC3CC(Cc4ccc[nH]4)C4=CCNC(N)=C4CSSCC(CO)C3O)cc2C2CC(O)C3C(C#CC4(CC(O)CCC3O)CC(c3ccccc3)C3Cc5ccccc5CC5(CCCC5)C5CCC(O)C4C35)C=C12. The number of fused-ring (bicyclic) bond motifs is 8. The zero-order chi connectivity index (χ0) is 57.9. The highest BCUT2D eigenvalue weighted by atomic mass is 33.1. The van der Waals surface area contributed by atoms with Gasteiger partial charge in [-0.2, -0.15) is 0 Å². The number of benzene rings is 3. The fraction of sp³-hybridized carbons (Fsp3) is 0.577. The number of phenols is 1. The molecular formula is C71H89N3O8S2. The van der Waals surface area contributed by atoms with E-state index < -0.39 is 59.8 Å². The summed E-state index contributed by atoms with van der Waals surface area (Å²) in [5, 5.41) is 89.5. The largest absolute Gasteiger partial charge is 0.504 e. The molecular weight excluding hydrogens is 1090 g/mol. The van der Waals surface area contributed by atoms with Gasteiger partial charge in [-0.1, -0.05) is 126 Å². The lowest BCUT2D eigenvalue weighted by Gasteiger charge is -2.62. The first kappa shape index (κ1) is 58.4. The molecule has 3 saturated carbocycles. The molecule has 0 amide bonds. The molecule has 4 aromatic rings. The number of aliphatic hydroxyl groups is 6. The minimum Gasteiger partial charge on any atom is -0.504 e. The molecule has 0 radical (unpaired) electrons. The highest BCUT2D eigenvalue weighted by Gasteiger charge is 2.63. The molecule has 1 saturated heterocycles. The third-order valence-electron chi connectivity index (χ3n) is 22.8. The summed E-state index contributed by atoms with van der Waals surface area (Å²) < 4.78 is 7.03. The van der Waals surface area contributed by atoms with Crippen LogP contribution in [0.2, 0.25) is 0 Å². The number of nitrogens with one attached hydrogen (secondary N) is 2. The number of hydrogen-bond donors (Lipinski definition) is 10. The maximum Gasteiger partial charge on any atom is 0.161 e. The first-order valence-electron chi connectivity index (χ1n) is 32.0. The van der Waals surface area contributed by atoms with Crippen LogP contribution in [0, 0.1) is 75.9 Å². The van der Waals surface area contributed by atoms with Gasteiger partial charge < -0.3 is 56.5 Å². The zero-order valence-corrected chi connectivity index (χ0v) is 50.5. The number of nitrogens with two attached hydrogens (primary N) is 1. The average molecular weight is 1180 g/mol. The minimum absolute atomic E-state index is 0.0219. The van der Waals surface area contributed by atoms with Gasteiger partial charge in [-0.25, -0.2) is 0 Å². The number of aromatic nitrogens is 1. The normalized spacial score (nSPS) is 37.4. The molecule has 7 aliphatic carbocycles. The van der Waals surface area contributed by atoms with Crippen molar-refractivity contribution in [2.45, 2.75) is 165 Å². The highest BCUT2D eigenvalue weighted by Crippen LogP contribution is 2.67. The third kappa shape index (κ3) is 11.0. The number of allylic oxidation sites excluding steroid dienone is 3. The van der Waals surface area contributed by atoms with Gasteiger partial charge >= 0.3 is 0 Å². The van der Waals surface area contributed by atoms with Crippen LogP contribution in [0.25, 0.3) is 0 Å². The van der Waals surface area contributed by atoms with Gasteiger partial charge in [-0.15, -0.1) is 0 Å². The minimum atomic E-state index is -1.08. The number of aromatic hydroxyl groups is 1. The van der Waals surface area contributed by atoms with E-state index in [4.69, 9.17) is 10.5 Å². The molecule has 13 rings (SSSR count). The van der Waals surface area contributed by atoms with Crippen molar-refractivity contribution in [1.82, 2.24) is 10.3 Å². The Morgan fingerprint density at radius 2 is 1.61 bits per heavy atom. The van der Waals surface area contributed by atoms with Crippen molar-refractivity contribution in [3.8, 4) is 23.3 Å². The molecule has 84 heavy (non-hydrogen) atoms. The number of aromatic amines is 1. The van der Waals surface area contributed by atoms with E-state index in [1.54, 1.807) is 21.6 Å². The van der Waals surface area contributed by atoms with Crippen LogP contribution in [-0.4, -0.2) is 102 Å². The number of rotatable bonds is 7. The molecule has 9 aliphatic rings. The summed E-state index contributed by atoms with van der Waals surface area (Å²) in [4.78, 5) is 3.39. The van der Waals surface area contributed by atoms with Crippen molar-refractivity contribution in [3.63, 3.8) is 0 Å². The van der Waals surface area contributed by atoms with E-state index in [1.165, 1.54) is 47.9 Å². The number of H-pyrrole nitrogens is 1. The van der Waals surface area contributed by atoms with Crippen LogP contribution in [0.4, 0.5) is 0 Å². The van der Waals surface area contributed by atoms with Gasteiger partial charge in [0.1, 0.15) is 11.9 Å². The van der Waals surface area contributed by atoms with Crippen LogP contribution in [-0.2, 0) is 25.7 Å². The zero-order valence-electron chi connectivity index (χ0n) is 48.8. The molecule has 11 N–H and O–H groups in total. The molecule has 4 fully saturated rings. The fourth-order valence-electron chi connectivity index (χ4n) is 18.9. The first-order chi connectivity index (χ1) is 40.8. The summed E-state index contributed by atoms with van der Waals surface area (Å²) in [5.41, 5.74) is 16.6. The van der Waals surface area contributed by atoms with E-state index in [0.717, 1.165) is 60.1 Å². The van der Waals surface area contributed by atoms with Gasteiger partial charge in [0.25, 0.3) is 0 Å². The Labute approximate surface area is 505 Å². The number of dihydropyridines is 1. The van der Waals surface area contributed by atoms with Gasteiger partial charge in [-0.3, -0.25) is 0 Å². The summed E-state index contributed by atoms with van der Waals surface area (Å²) in [6.45, 7) is 2.54. The Morgan fingerprint density at radius 1 is 0.810 bits per heavy atom.